The number of hydrogen-bond donors (Lipinski definition) is 0. The summed E-state index contributed by atoms with van der Waals surface area (Å²) in [6, 6.07) is 12.1. The van der Waals surface area contributed by atoms with Crippen LogP contribution < -0.4 is 0 Å². The maximum atomic E-state index is 13.3. The van der Waals surface area contributed by atoms with Gasteiger partial charge in [0.25, 0.3) is 0 Å². The Morgan fingerprint density at radius 2 is 1.88 bits per heavy atom. The lowest BCUT2D eigenvalue weighted by atomic mass is 9.71. The smallest absolute Gasteiger partial charge is 0.227 e. The number of aryl methyl sites for hydroxylation is 2. The molecule has 6 heteroatoms. The molecular weight excluding hydrogens is 469 g/mol. The van der Waals surface area contributed by atoms with Crippen molar-refractivity contribution in [3.63, 3.8) is 0 Å². The van der Waals surface area contributed by atoms with Gasteiger partial charge in [-0.15, -0.1) is 0 Å². The molecule has 2 aliphatic heterocycles. The minimum Gasteiger partial charge on any atom is -0.353 e. The predicted molar refractivity (Wildman–Crippen MR) is 138 cm³/mol. The van der Waals surface area contributed by atoms with Gasteiger partial charge in [0.2, 0.25) is 5.91 Å². The van der Waals surface area contributed by atoms with E-state index < -0.39 is 0 Å². The zero-order valence-electron chi connectivity index (χ0n) is 20.2. The number of carbonyl (C=O) groups is 1. The molecule has 2 saturated heterocycles. The summed E-state index contributed by atoms with van der Waals surface area (Å²) in [5, 5.41) is 1.11. The summed E-state index contributed by atoms with van der Waals surface area (Å²) >= 11 is 12.3. The van der Waals surface area contributed by atoms with Crippen LogP contribution in [-0.2, 0) is 26.1 Å². The third-order valence-electron chi connectivity index (χ3n) is 7.35. The number of halogens is 2. The molecule has 0 bridgehead atoms. The van der Waals surface area contributed by atoms with Gasteiger partial charge in [-0.2, -0.15) is 0 Å². The van der Waals surface area contributed by atoms with Gasteiger partial charge in [0.1, 0.15) is 0 Å². The van der Waals surface area contributed by atoms with Gasteiger partial charge < -0.3 is 14.4 Å². The Kier molecular flexibility index (Phi) is 8.57. The van der Waals surface area contributed by atoms with Crippen LogP contribution >= 0.6 is 23.2 Å². The van der Waals surface area contributed by atoms with Crippen LogP contribution in [-0.4, -0.2) is 43.4 Å². The van der Waals surface area contributed by atoms with E-state index >= 15 is 0 Å². The minimum atomic E-state index is -0.132. The van der Waals surface area contributed by atoms with Gasteiger partial charge in [-0.25, -0.2) is 0 Å². The summed E-state index contributed by atoms with van der Waals surface area (Å²) in [6.45, 7) is 7.17. The number of nitrogens with zero attached hydrogens (tertiary/aromatic N) is 1. The quantitative estimate of drug-likeness (QED) is 0.424. The molecule has 2 unspecified atom stereocenters. The maximum Gasteiger partial charge on any atom is 0.227 e. The van der Waals surface area contributed by atoms with E-state index in [9.17, 15) is 4.79 Å². The minimum absolute atomic E-state index is 0.0977. The number of benzene rings is 2. The van der Waals surface area contributed by atoms with E-state index in [-0.39, 0.29) is 17.6 Å². The fraction of sp³-hybridized carbons (Fsp3) is 0.536. The number of carbonyl (C=O) groups excluding carboxylic acids is 1. The normalized spacial score (nSPS) is 23.2. The van der Waals surface area contributed by atoms with E-state index in [2.05, 4.69) is 32.0 Å². The van der Waals surface area contributed by atoms with Gasteiger partial charge in [-0.3, -0.25) is 4.79 Å². The highest BCUT2D eigenvalue weighted by molar-refractivity contribution is 6.34. The Morgan fingerprint density at radius 3 is 2.59 bits per heavy atom. The molecular formula is C28H35Cl2NO3. The predicted octanol–water partition coefficient (Wildman–Crippen LogP) is 6.65. The SMILES string of the molecule is Cc1ccc(C2(CCOC3CCCCO3)CCCN(C(=O)Cc3cc(Cl)cc(Cl)c3)C2)cc1C. The van der Waals surface area contributed by atoms with Crippen LogP contribution in [0, 0.1) is 13.8 Å². The molecule has 2 aromatic rings. The molecule has 0 aromatic heterocycles. The molecule has 4 nitrogen and oxygen atoms in total. The zero-order chi connectivity index (χ0) is 24.1. The van der Waals surface area contributed by atoms with Crippen LogP contribution in [0.25, 0.3) is 0 Å². The standard InChI is InChI=1S/C28H35Cl2NO3/c1-20-7-8-23(14-21(20)2)28(10-13-34-27-6-3-4-12-33-27)9-5-11-31(19-28)26(32)17-22-15-24(29)18-25(30)16-22/h7-8,14-16,18,27H,3-6,9-13,17,19H2,1-2H3. The highest BCUT2D eigenvalue weighted by Gasteiger charge is 2.39. The van der Waals surface area contributed by atoms with E-state index in [0.29, 0.717) is 29.6 Å². The molecule has 0 spiro atoms. The summed E-state index contributed by atoms with van der Waals surface area (Å²) in [6.07, 6.45) is 6.30. The highest BCUT2D eigenvalue weighted by atomic mass is 35.5. The van der Waals surface area contributed by atoms with E-state index in [4.69, 9.17) is 32.7 Å². The van der Waals surface area contributed by atoms with Crippen LogP contribution in [0.3, 0.4) is 0 Å². The summed E-state index contributed by atoms with van der Waals surface area (Å²) < 4.78 is 11.9. The Bertz CT molecular complexity index is 985. The first-order valence-corrected chi connectivity index (χ1v) is 13.1. The third-order valence-corrected chi connectivity index (χ3v) is 7.79. The molecule has 0 saturated carbocycles. The fourth-order valence-corrected chi connectivity index (χ4v) is 5.80. The van der Waals surface area contributed by atoms with Crippen molar-refractivity contribution >= 4 is 29.1 Å². The number of likely N-dealkylation sites (tertiary alicyclic amines) is 1. The van der Waals surface area contributed by atoms with Crippen LogP contribution in [0.1, 0.15) is 60.8 Å². The zero-order valence-corrected chi connectivity index (χ0v) is 21.8. The lowest BCUT2D eigenvalue weighted by molar-refractivity contribution is -0.165. The molecule has 4 rings (SSSR count). The van der Waals surface area contributed by atoms with Crippen molar-refractivity contribution in [2.45, 2.75) is 70.5 Å². The Hall–Kier alpha value is -1.59. The fourth-order valence-electron chi connectivity index (χ4n) is 5.23. The van der Waals surface area contributed by atoms with E-state index in [1.165, 1.54) is 16.7 Å². The summed E-state index contributed by atoms with van der Waals surface area (Å²) in [7, 11) is 0. The van der Waals surface area contributed by atoms with Gasteiger partial charge in [-0.1, -0.05) is 41.4 Å². The molecule has 2 aliphatic rings. The van der Waals surface area contributed by atoms with Crippen molar-refractivity contribution in [3.8, 4) is 0 Å². The van der Waals surface area contributed by atoms with E-state index in [0.717, 1.165) is 57.2 Å². The summed E-state index contributed by atoms with van der Waals surface area (Å²) in [5.41, 5.74) is 4.58. The lowest BCUT2D eigenvalue weighted by Gasteiger charge is -2.44. The highest BCUT2D eigenvalue weighted by Crippen LogP contribution is 2.39. The second kappa shape index (κ2) is 11.4. The van der Waals surface area contributed by atoms with Crippen molar-refractivity contribution < 1.29 is 14.3 Å². The molecule has 184 valence electrons. The molecule has 0 N–H and O–H groups in total. The van der Waals surface area contributed by atoms with Crippen LogP contribution in [0.5, 0.6) is 0 Å². The number of hydrogen-bond acceptors (Lipinski definition) is 3. The second-order valence-electron chi connectivity index (χ2n) is 9.87. The first-order valence-electron chi connectivity index (χ1n) is 12.4. The van der Waals surface area contributed by atoms with Gasteiger partial charge in [0.15, 0.2) is 6.29 Å². The summed E-state index contributed by atoms with van der Waals surface area (Å²) in [5.74, 6) is 0.114. The molecule has 2 aromatic carbocycles. The number of amides is 1. The molecule has 0 radical (unpaired) electrons. The maximum absolute atomic E-state index is 13.3. The Labute approximate surface area is 213 Å². The topological polar surface area (TPSA) is 38.8 Å². The number of ether oxygens (including phenoxy) is 2. The number of piperidine rings is 1. The van der Waals surface area contributed by atoms with Crippen molar-refractivity contribution in [1.29, 1.82) is 0 Å². The van der Waals surface area contributed by atoms with Crippen molar-refractivity contribution in [1.82, 2.24) is 4.90 Å². The van der Waals surface area contributed by atoms with Gasteiger partial charge in [0.05, 0.1) is 13.0 Å². The average molecular weight is 504 g/mol. The van der Waals surface area contributed by atoms with Gasteiger partial charge in [-0.05, 0) is 92.8 Å². The van der Waals surface area contributed by atoms with Crippen molar-refractivity contribution in [2.24, 2.45) is 0 Å². The molecule has 2 fully saturated rings. The Morgan fingerprint density at radius 1 is 1.09 bits per heavy atom. The van der Waals surface area contributed by atoms with Crippen LogP contribution in [0.2, 0.25) is 10.0 Å². The lowest BCUT2D eigenvalue weighted by Crippen LogP contribution is -2.49. The molecule has 2 heterocycles. The van der Waals surface area contributed by atoms with Crippen molar-refractivity contribution in [3.05, 3.63) is 68.7 Å². The second-order valence-corrected chi connectivity index (χ2v) is 10.7. The van der Waals surface area contributed by atoms with Gasteiger partial charge in [0, 0.05) is 35.2 Å². The number of rotatable bonds is 7. The molecule has 1 amide bonds. The molecule has 34 heavy (non-hydrogen) atoms. The third kappa shape index (κ3) is 6.34. The Balaban J connectivity index is 1.51. The largest absolute Gasteiger partial charge is 0.353 e. The average Bonchev–Trinajstić information content (AvgIpc) is 2.81. The van der Waals surface area contributed by atoms with Crippen molar-refractivity contribution in [2.75, 3.05) is 26.3 Å². The molecule has 2 atom stereocenters. The summed E-state index contributed by atoms with van der Waals surface area (Å²) in [4.78, 5) is 15.4. The molecule has 0 aliphatic carbocycles. The van der Waals surface area contributed by atoms with Gasteiger partial charge >= 0.3 is 0 Å². The monoisotopic (exact) mass is 503 g/mol. The van der Waals surface area contributed by atoms with E-state index in [1.807, 2.05) is 17.0 Å². The van der Waals surface area contributed by atoms with E-state index in [1.54, 1.807) is 6.07 Å². The first kappa shape index (κ1) is 25.5. The van der Waals surface area contributed by atoms with Crippen LogP contribution in [0.4, 0.5) is 0 Å². The van der Waals surface area contributed by atoms with Crippen LogP contribution in [0.15, 0.2) is 36.4 Å². The first-order chi connectivity index (χ1) is 16.3.